The Morgan fingerprint density at radius 2 is 1.28 bits per heavy atom. The molecule has 0 amide bonds. The molecule has 0 aliphatic heterocycles. The third-order valence-corrected chi connectivity index (χ3v) is 3.80. The second-order valence-corrected chi connectivity index (χ2v) is 5.84. The maximum atomic E-state index is 12.1. The van der Waals surface area contributed by atoms with Crippen LogP contribution in [0.3, 0.4) is 0 Å². The smallest absolute Gasteiger partial charge is 0.387 e. The van der Waals surface area contributed by atoms with Gasteiger partial charge >= 0.3 is 12.6 Å². The summed E-state index contributed by atoms with van der Waals surface area (Å²) in [6.45, 7) is -3.42. The summed E-state index contributed by atoms with van der Waals surface area (Å²) in [4.78, 5) is 24.2. The van der Waals surface area contributed by atoms with E-state index in [-0.39, 0.29) is 16.9 Å². The number of para-hydroxylation sites is 1. The van der Waals surface area contributed by atoms with Crippen molar-refractivity contribution in [2.45, 2.75) is 6.61 Å². The molecular formula is C22H16F2O5. The van der Waals surface area contributed by atoms with Gasteiger partial charge in [-0.15, -0.1) is 0 Å². The van der Waals surface area contributed by atoms with Crippen LogP contribution in [0.25, 0.3) is 0 Å². The van der Waals surface area contributed by atoms with Crippen molar-refractivity contribution >= 4 is 11.8 Å². The van der Waals surface area contributed by atoms with Crippen LogP contribution in [-0.2, 0) is 4.74 Å². The van der Waals surface area contributed by atoms with Crippen LogP contribution >= 0.6 is 0 Å². The van der Waals surface area contributed by atoms with E-state index in [0.717, 1.165) is 0 Å². The first-order chi connectivity index (χ1) is 14.0. The lowest BCUT2D eigenvalue weighted by molar-refractivity contribution is -0.0498. The van der Waals surface area contributed by atoms with Gasteiger partial charge in [-0.25, -0.2) is 4.79 Å². The van der Waals surface area contributed by atoms with Gasteiger partial charge in [0, 0.05) is 5.56 Å². The van der Waals surface area contributed by atoms with E-state index in [0.29, 0.717) is 11.5 Å². The number of alkyl halides is 2. The van der Waals surface area contributed by atoms with Gasteiger partial charge in [-0.2, -0.15) is 8.78 Å². The molecule has 0 unspecified atom stereocenters. The van der Waals surface area contributed by atoms with Crippen molar-refractivity contribution in [1.82, 2.24) is 0 Å². The topological polar surface area (TPSA) is 61.8 Å². The van der Waals surface area contributed by atoms with Gasteiger partial charge in [0.1, 0.15) is 17.2 Å². The quantitative estimate of drug-likeness (QED) is 0.389. The molecule has 0 saturated heterocycles. The zero-order valence-electron chi connectivity index (χ0n) is 15.1. The van der Waals surface area contributed by atoms with E-state index in [1.54, 1.807) is 24.3 Å². The van der Waals surface area contributed by atoms with E-state index in [2.05, 4.69) is 4.74 Å². The molecule has 29 heavy (non-hydrogen) atoms. The van der Waals surface area contributed by atoms with E-state index in [1.807, 2.05) is 18.2 Å². The lowest BCUT2D eigenvalue weighted by Gasteiger charge is -2.08. The minimum absolute atomic E-state index is 0.0636. The van der Waals surface area contributed by atoms with Crippen LogP contribution in [0.2, 0.25) is 0 Å². The summed E-state index contributed by atoms with van der Waals surface area (Å²) in [5, 5.41) is 0. The lowest BCUT2D eigenvalue weighted by Crippen LogP contribution is -2.14. The van der Waals surface area contributed by atoms with Crippen molar-refractivity contribution < 1.29 is 32.6 Å². The minimum atomic E-state index is -2.94. The largest absolute Gasteiger partial charge is 0.457 e. The van der Waals surface area contributed by atoms with Crippen molar-refractivity contribution in [3.05, 3.63) is 90.0 Å². The van der Waals surface area contributed by atoms with E-state index in [1.165, 1.54) is 36.4 Å². The normalized spacial score (nSPS) is 10.4. The highest BCUT2D eigenvalue weighted by Crippen LogP contribution is 2.21. The molecule has 0 aromatic heterocycles. The zero-order chi connectivity index (χ0) is 20.6. The van der Waals surface area contributed by atoms with Gasteiger partial charge in [0.05, 0.1) is 5.56 Å². The SMILES string of the molecule is O=C(COC(=O)c1ccc(Oc2ccccc2)cc1)c1ccc(OC(F)F)cc1. The van der Waals surface area contributed by atoms with Gasteiger partial charge in [0.25, 0.3) is 0 Å². The highest BCUT2D eigenvalue weighted by atomic mass is 19.3. The molecular weight excluding hydrogens is 382 g/mol. The average Bonchev–Trinajstić information content (AvgIpc) is 2.73. The number of carbonyl (C=O) groups excluding carboxylic acids is 2. The average molecular weight is 398 g/mol. The fourth-order valence-corrected chi connectivity index (χ4v) is 2.40. The molecule has 7 heteroatoms. The monoisotopic (exact) mass is 398 g/mol. The fraction of sp³-hybridized carbons (Fsp3) is 0.0909. The Labute approximate surface area is 165 Å². The Morgan fingerprint density at radius 1 is 0.724 bits per heavy atom. The third kappa shape index (κ3) is 5.87. The molecule has 0 radical (unpaired) electrons. The van der Waals surface area contributed by atoms with Crippen molar-refractivity contribution in [3.8, 4) is 17.2 Å². The van der Waals surface area contributed by atoms with Crippen LogP contribution in [0.15, 0.2) is 78.9 Å². The Hall–Kier alpha value is -3.74. The molecule has 0 fully saturated rings. The van der Waals surface area contributed by atoms with Crippen LogP contribution in [0.1, 0.15) is 20.7 Å². The summed E-state index contributed by atoms with van der Waals surface area (Å²) < 4.78 is 39.1. The molecule has 0 heterocycles. The molecule has 3 aromatic rings. The number of Topliss-reactive ketones (excluding diaryl/α,β-unsaturated/α-hetero) is 1. The molecule has 0 spiro atoms. The van der Waals surface area contributed by atoms with Crippen LogP contribution in [0.4, 0.5) is 8.78 Å². The number of ketones is 1. The second-order valence-electron chi connectivity index (χ2n) is 5.84. The number of hydrogen-bond acceptors (Lipinski definition) is 5. The van der Waals surface area contributed by atoms with Gasteiger partial charge in [-0.1, -0.05) is 18.2 Å². The summed E-state index contributed by atoms with van der Waals surface area (Å²) in [6.07, 6.45) is 0. The maximum absolute atomic E-state index is 12.1. The fourth-order valence-electron chi connectivity index (χ4n) is 2.40. The van der Waals surface area contributed by atoms with E-state index in [4.69, 9.17) is 9.47 Å². The van der Waals surface area contributed by atoms with Crippen LogP contribution in [0.5, 0.6) is 17.2 Å². The molecule has 3 rings (SSSR count). The number of rotatable bonds is 8. The van der Waals surface area contributed by atoms with E-state index >= 15 is 0 Å². The van der Waals surface area contributed by atoms with Gasteiger partial charge in [0.15, 0.2) is 12.4 Å². The van der Waals surface area contributed by atoms with Crippen molar-refractivity contribution in [2.24, 2.45) is 0 Å². The summed E-state index contributed by atoms with van der Waals surface area (Å²) in [5.41, 5.74) is 0.477. The van der Waals surface area contributed by atoms with Crippen LogP contribution in [-0.4, -0.2) is 25.0 Å². The summed E-state index contributed by atoms with van der Waals surface area (Å²) in [6, 6.07) is 20.6. The lowest BCUT2D eigenvalue weighted by atomic mass is 10.1. The number of halogens is 2. The van der Waals surface area contributed by atoms with Gasteiger partial charge < -0.3 is 14.2 Å². The minimum Gasteiger partial charge on any atom is -0.457 e. The molecule has 0 saturated carbocycles. The number of hydrogen-bond donors (Lipinski definition) is 0. The number of carbonyl (C=O) groups is 2. The summed E-state index contributed by atoms with van der Waals surface area (Å²) >= 11 is 0. The molecule has 3 aromatic carbocycles. The second kappa shape index (κ2) is 9.45. The highest BCUT2D eigenvalue weighted by molar-refractivity contribution is 5.99. The molecule has 0 aliphatic rings. The molecule has 5 nitrogen and oxygen atoms in total. The first-order valence-corrected chi connectivity index (χ1v) is 8.59. The predicted molar refractivity (Wildman–Crippen MR) is 101 cm³/mol. The van der Waals surface area contributed by atoms with E-state index < -0.39 is 25.0 Å². The van der Waals surface area contributed by atoms with Crippen LogP contribution < -0.4 is 9.47 Å². The Bertz CT molecular complexity index is 955. The number of benzene rings is 3. The predicted octanol–water partition coefficient (Wildman–Crippen LogP) is 5.12. The first kappa shape index (κ1) is 20.0. The van der Waals surface area contributed by atoms with E-state index in [9.17, 15) is 18.4 Å². The summed E-state index contributed by atoms with van der Waals surface area (Å²) in [7, 11) is 0. The Morgan fingerprint density at radius 3 is 1.90 bits per heavy atom. The molecule has 0 aliphatic carbocycles. The highest BCUT2D eigenvalue weighted by Gasteiger charge is 2.13. The van der Waals surface area contributed by atoms with Crippen LogP contribution in [0, 0.1) is 0 Å². The Balaban J connectivity index is 1.52. The Kier molecular flexibility index (Phi) is 6.52. The first-order valence-electron chi connectivity index (χ1n) is 8.59. The standard InChI is InChI=1S/C22H16F2O5/c23-22(24)29-19-10-6-15(7-11-19)20(25)14-27-21(26)16-8-12-18(13-9-16)28-17-4-2-1-3-5-17/h1-13,22H,14H2. The summed E-state index contributed by atoms with van der Waals surface area (Å²) in [5.74, 6) is 0.0212. The maximum Gasteiger partial charge on any atom is 0.387 e. The van der Waals surface area contributed by atoms with Crippen molar-refractivity contribution in [1.29, 1.82) is 0 Å². The molecule has 148 valence electrons. The number of esters is 1. The van der Waals surface area contributed by atoms with Gasteiger partial charge in [0.2, 0.25) is 0 Å². The zero-order valence-corrected chi connectivity index (χ0v) is 15.1. The van der Waals surface area contributed by atoms with Gasteiger partial charge in [-0.05, 0) is 60.7 Å². The molecule has 0 N–H and O–H groups in total. The van der Waals surface area contributed by atoms with Gasteiger partial charge in [-0.3, -0.25) is 4.79 Å². The van der Waals surface area contributed by atoms with Crippen molar-refractivity contribution in [2.75, 3.05) is 6.61 Å². The molecule has 0 atom stereocenters. The molecule has 0 bridgehead atoms. The number of ether oxygens (including phenoxy) is 3. The van der Waals surface area contributed by atoms with Crippen molar-refractivity contribution in [3.63, 3.8) is 0 Å². The third-order valence-electron chi connectivity index (χ3n) is 3.80.